The third kappa shape index (κ3) is 2.35. The third-order valence-electron chi connectivity index (χ3n) is 5.50. The Hall–Kier alpha value is -2.08. The Morgan fingerprint density at radius 2 is 2.00 bits per heavy atom. The fraction of sp³-hybridized carbons (Fsp3) is 0.450. The quantitative estimate of drug-likeness (QED) is 0.655. The van der Waals surface area contributed by atoms with Crippen LogP contribution >= 0.6 is 11.8 Å². The van der Waals surface area contributed by atoms with E-state index in [0.29, 0.717) is 12.3 Å². The molecule has 1 aliphatic carbocycles. The molecule has 0 radical (unpaired) electrons. The molecule has 26 heavy (non-hydrogen) atoms. The first kappa shape index (κ1) is 17.3. The Kier molecular flexibility index (Phi) is 4.18. The minimum Gasteiger partial charge on any atom is -0.268 e. The molecule has 0 spiro atoms. The summed E-state index contributed by atoms with van der Waals surface area (Å²) in [6, 6.07) is 8.33. The van der Waals surface area contributed by atoms with Crippen molar-refractivity contribution < 1.29 is 0 Å². The standard InChI is InChI=1S/C20H24N4OS/c1-5-20(4)12-13-10-8-9-11-14(13)16-15(20)17(25)24-18(21-16)23(6-2)22-19(24)26-7-3/h8-11H,5-7,12H2,1-4H3. The van der Waals surface area contributed by atoms with Crippen LogP contribution < -0.4 is 5.56 Å². The van der Waals surface area contributed by atoms with Crippen molar-refractivity contribution in [3.63, 3.8) is 0 Å². The van der Waals surface area contributed by atoms with Crippen molar-refractivity contribution >= 4 is 17.5 Å². The Bertz CT molecular complexity index is 1050. The second kappa shape index (κ2) is 6.27. The van der Waals surface area contributed by atoms with Crippen LogP contribution in [0.2, 0.25) is 0 Å². The molecule has 0 bridgehead atoms. The van der Waals surface area contributed by atoms with Crippen LogP contribution in [0.25, 0.3) is 17.0 Å². The van der Waals surface area contributed by atoms with E-state index in [1.165, 1.54) is 5.56 Å². The van der Waals surface area contributed by atoms with Crippen LogP contribution in [0.4, 0.5) is 0 Å². The van der Waals surface area contributed by atoms with E-state index in [0.717, 1.165) is 40.6 Å². The van der Waals surface area contributed by atoms with Crippen LogP contribution in [0.1, 0.15) is 45.2 Å². The maximum Gasteiger partial charge on any atom is 0.265 e. The second-order valence-electron chi connectivity index (χ2n) is 7.06. The number of thioether (sulfide) groups is 1. The van der Waals surface area contributed by atoms with Crippen molar-refractivity contribution in [2.24, 2.45) is 0 Å². The monoisotopic (exact) mass is 368 g/mol. The molecule has 1 unspecified atom stereocenters. The molecule has 2 aromatic heterocycles. The fourth-order valence-corrected chi connectivity index (χ4v) is 4.65. The lowest BCUT2D eigenvalue weighted by molar-refractivity contribution is 0.439. The number of fused-ring (bicyclic) bond motifs is 4. The van der Waals surface area contributed by atoms with Crippen molar-refractivity contribution in [2.75, 3.05) is 5.75 Å². The lowest BCUT2D eigenvalue weighted by Crippen LogP contribution is -2.37. The van der Waals surface area contributed by atoms with Crippen LogP contribution in [-0.2, 0) is 18.4 Å². The van der Waals surface area contributed by atoms with Gasteiger partial charge in [-0.05, 0) is 31.1 Å². The molecule has 136 valence electrons. The summed E-state index contributed by atoms with van der Waals surface area (Å²) in [6.45, 7) is 9.14. The van der Waals surface area contributed by atoms with Crippen LogP contribution in [0.5, 0.6) is 0 Å². The zero-order valence-corrected chi connectivity index (χ0v) is 16.6. The van der Waals surface area contributed by atoms with E-state index in [1.807, 2.05) is 17.7 Å². The summed E-state index contributed by atoms with van der Waals surface area (Å²) in [5, 5.41) is 5.38. The van der Waals surface area contributed by atoms with Gasteiger partial charge in [0.15, 0.2) is 5.16 Å². The first-order valence-corrected chi connectivity index (χ1v) is 10.3. The molecule has 1 aromatic carbocycles. The Balaban J connectivity index is 2.15. The molecule has 0 amide bonds. The van der Waals surface area contributed by atoms with Crippen LogP contribution in [0, 0.1) is 0 Å². The van der Waals surface area contributed by atoms with Gasteiger partial charge < -0.3 is 0 Å². The smallest absolute Gasteiger partial charge is 0.265 e. The molecule has 0 aliphatic heterocycles. The van der Waals surface area contributed by atoms with E-state index < -0.39 is 0 Å². The molecule has 1 aliphatic rings. The van der Waals surface area contributed by atoms with E-state index >= 15 is 0 Å². The highest BCUT2D eigenvalue weighted by Crippen LogP contribution is 2.42. The highest BCUT2D eigenvalue weighted by Gasteiger charge is 2.38. The summed E-state index contributed by atoms with van der Waals surface area (Å²) in [7, 11) is 0. The van der Waals surface area contributed by atoms with Gasteiger partial charge in [0.1, 0.15) is 0 Å². The van der Waals surface area contributed by atoms with Gasteiger partial charge in [-0.15, -0.1) is 5.10 Å². The fourth-order valence-electron chi connectivity index (χ4n) is 3.94. The Morgan fingerprint density at radius 1 is 1.23 bits per heavy atom. The van der Waals surface area contributed by atoms with Gasteiger partial charge in [-0.2, -0.15) is 0 Å². The largest absolute Gasteiger partial charge is 0.268 e. The van der Waals surface area contributed by atoms with Gasteiger partial charge in [-0.1, -0.05) is 56.8 Å². The number of hydrogen-bond donors (Lipinski definition) is 0. The second-order valence-corrected chi connectivity index (χ2v) is 8.29. The molecule has 2 heterocycles. The van der Waals surface area contributed by atoms with E-state index in [4.69, 9.17) is 4.98 Å². The molecule has 6 heteroatoms. The highest BCUT2D eigenvalue weighted by atomic mass is 32.2. The number of aromatic nitrogens is 4. The molecule has 3 aromatic rings. The maximum absolute atomic E-state index is 13.6. The van der Waals surface area contributed by atoms with E-state index in [1.54, 1.807) is 16.2 Å². The predicted octanol–water partition coefficient (Wildman–Crippen LogP) is 3.91. The summed E-state index contributed by atoms with van der Waals surface area (Å²) >= 11 is 1.59. The van der Waals surface area contributed by atoms with E-state index in [-0.39, 0.29) is 11.0 Å². The first-order valence-electron chi connectivity index (χ1n) is 9.29. The molecule has 0 saturated heterocycles. The summed E-state index contributed by atoms with van der Waals surface area (Å²) < 4.78 is 3.55. The van der Waals surface area contributed by atoms with E-state index in [2.05, 4.69) is 44.1 Å². The first-order chi connectivity index (χ1) is 12.5. The van der Waals surface area contributed by atoms with Crippen LogP contribution in [-0.4, -0.2) is 24.9 Å². The SMILES string of the molecule is CCSc1nn(CC)c2nc3c(c(=O)n12)C(C)(CC)Cc1ccccc1-3. The molecule has 0 N–H and O–H groups in total. The van der Waals surface area contributed by atoms with Gasteiger partial charge in [-0.3, -0.25) is 4.79 Å². The summed E-state index contributed by atoms with van der Waals surface area (Å²) in [6.07, 6.45) is 1.77. The zero-order chi connectivity index (χ0) is 18.5. The Labute approximate surface area is 157 Å². The normalized spacial score (nSPS) is 18.8. The topological polar surface area (TPSA) is 52.2 Å². The summed E-state index contributed by atoms with van der Waals surface area (Å²) in [5.41, 5.74) is 3.86. The van der Waals surface area contributed by atoms with Crippen LogP contribution in [0.3, 0.4) is 0 Å². The lowest BCUT2D eigenvalue weighted by Gasteiger charge is -2.35. The molecular weight excluding hydrogens is 344 g/mol. The zero-order valence-electron chi connectivity index (χ0n) is 15.7. The number of rotatable bonds is 4. The highest BCUT2D eigenvalue weighted by molar-refractivity contribution is 7.99. The average molecular weight is 369 g/mol. The number of hydrogen-bond acceptors (Lipinski definition) is 4. The third-order valence-corrected chi connectivity index (χ3v) is 6.32. The maximum atomic E-state index is 13.6. The van der Waals surface area contributed by atoms with E-state index in [9.17, 15) is 4.79 Å². The minimum absolute atomic E-state index is 0.0412. The molecule has 4 rings (SSSR count). The molecular formula is C20H24N4OS. The summed E-state index contributed by atoms with van der Waals surface area (Å²) in [5.74, 6) is 1.51. The van der Waals surface area contributed by atoms with Gasteiger partial charge >= 0.3 is 0 Å². The van der Waals surface area contributed by atoms with Crippen molar-refractivity contribution in [3.05, 3.63) is 45.7 Å². The van der Waals surface area contributed by atoms with Gasteiger partial charge in [-0.25, -0.2) is 14.1 Å². The number of benzene rings is 1. The molecule has 0 fully saturated rings. The van der Waals surface area contributed by atoms with Crippen molar-refractivity contribution in [2.45, 2.75) is 57.7 Å². The average Bonchev–Trinajstić information content (AvgIpc) is 3.00. The van der Waals surface area contributed by atoms with Gasteiger partial charge in [0.25, 0.3) is 5.56 Å². The predicted molar refractivity (Wildman–Crippen MR) is 106 cm³/mol. The molecule has 5 nitrogen and oxygen atoms in total. The summed E-state index contributed by atoms with van der Waals surface area (Å²) in [4.78, 5) is 18.6. The van der Waals surface area contributed by atoms with Crippen molar-refractivity contribution in [1.29, 1.82) is 0 Å². The van der Waals surface area contributed by atoms with Crippen molar-refractivity contribution in [1.82, 2.24) is 19.2 Å². The van der Waals surface area contributed by atoms with Crippen LogP contribution in [0.15, 0.2) is 34.2 Å². The van der Waals surface area contributed by atoms with Crippen molar-refractivity contribution in [3.8, 4) is 11.3 Å². The lowest BCUT2D eigenvalue weighted by atomic mass is 9.69. The number of aryl methyl sites for hydroxylation is 1. The van der Waals surface area contributed by atoms with Gasteiger partial charge in [0.2, 0.25) is 5.78 Å². The van der Waals surface area contributed by atoms with Gasteiger partial charge in [0.05, 0.1) is 11.3 Å². The Morgan fingerprint density at radius 3 is 2.69 bits per heavy atom. The number of nitrogens with zero attached hydrogens (tertiary/aromatic N) is 4. The molecule has 1 atom stereocenters. The van der Waals surface area contributed by atoms with Gasteiger partial charge in [0, 0.05) is 17.5 Å². The molecule has 0 saturated carbocycles. The minimum atomic E-state index is -0.211.